The van der Waals surface area contributed by atoms with Crippen LogP contribution in [0.25, 0.3) is 11.0 Å². The van der Waals surface area contributed by atoms with Gasteiger partial charge >= 0.3 is 5.97 Å². The van der Waals surface area contributed by atoms with Gasteiger partial charge in [0.15, 0.2) is 0 Å². The molecular formula is C11H13N5O3. The van der Waals surface area contributed by atoms with Crippen molar-refractivity contribution in [3.63, 3.8) is 0 Å². The molecule has 0 radical (unpaired) electrons. The van der Waals surface area contributed by atoms with Crippen LogP contribution in [0, 0.1) is 6.92 Å². The standard InChI is InChI=1S/C11H13N5O3/c1-5-2-6-9(15-5)13-4-14-10(6)16-7(11(18)19)3-8(12)17/h2,4,7H,3H2,1H3,(H2,12,17)(H,18,19)(H2,13,14,15,16). The Bertz CT molecular complexity index is 636. The van der Waals surface area contributed by atoms with E-state index in [1.807, 2.05) is 6.92 Å². The van der Waals surface area contributed by atoms with Crippen LogP contribution in [-0.4, -0.2) is 38.0 Å². The van der Waals surface area contributed by atoms with Crippen LogP contribution in [0.5, 0.6) is 0 Å². The average Bonchev–Trinajstić information content (AvgIpc) is 2.68. The SMILES string of the molecule is Cc1cc2c(NC(CC(N)=O)C(=O)O)ncnc2[nH]1. The Hall–Kier alpha value is -2.64. The number of amides is 1. The van der Waals surface area contributed by atoms with E-state index >= 15 is 0 Å². The van der Waals surface area contributed by atoms with Gasteiger partial charge in [-0.1, -0.05) is 0 Å². The summed E-state index contributed by atoms with van der Waals surface area (Å²) in [5, 5.41) is 12.4. The number of nitrogens with one attached hydrogen (secondary N) is 2. The third kappa shape index (κ3) is 2.79. The highest BCUT2D eigenvalue weighted by atomic mass is 16.4. The van der Waals surface area contributed by atoms with E-state index in [2.05, 4.69) is 20.3 Å². The summed E-state index contributed by atoms with van der Waals surface area (Å²) in [6, 6.07) is 0.673. The van der Waals surface area contributed by atoms with E-state index in [0.29, 0.717) is 16.9 Å². The van der Waals surface area contributed by atoms with Crippen molar-refractivity contribution >= 4 is 28.7 Å². The molecule has 2 aromatic rings. The minimum atomic E-state index is -1.17. The highest BCUT2D eigenvalue weighted by Gasteiger charge is 2.21. The number of nitrogens with two attached hydrogens (primary N) is 1. The van der Waals surface area contributed by atoms with E-state index in [1.54, 1.807) is 6.07 Å². The van der Waals surface area contributed by atoms with Crippen LogP contribution in [0.3, 0.4) is 0 Å². The smallest absolute Gasteiger partial charge is 0.326 e. The Morgan fingerprint density at radius 2 is 2.26 bits per heavy atom. The van der Waals surface area contributed by atoms with Crippen molar-refractivity contribution in [2.24, 2.45) is 5.73 Å². The van der Waals surface area contributed by atoms with Gasteiger partial charge in [0, 0.05) is 5.69 Å². The number of primary amides is 1. The summed E-state index contributed by atoms with van der Waals surface area (Å²) in [7, 11) is 0. The van der Waals surface area contributed by atoms with E-state index in [4.69, 9.17) is 10.8 Å². The number of hydrogen-bond donors (Lipinski definition) is 4. The number of aliphatic carboxylic acids is 1. The number of carbonyl (C=O) groups excluding carboxylic acids is 1. The number of H-pyrrole nitrogens is 1. The summed E-state index contributed by atoms with van der Waals surface area (Å²) < 4.78 is 0. The van der Waals surface area contributed by atoms with Crippen molar-refractivity contribution < 1.29 is 14.7 Å². The lowest BCUT2D eigenvalue weighted by Gasteiger charge is -2.13. The molecule has 19 heavy (non-hydrogen) atoms. The fraction of sp³-hybridized carbons (Fsp3) is 0.273. The van der Waals surface area contributed by atoms with Crippen molar-refractivity contribution in [1.29, 1.82) is 0 Å². The van der Waals surface area contributed by atoms with E-state index in [1.165, 1.54) is 6.33 Å². The van der Waals surface area contributed by atoms with Crippen LogP contribution in [0.2, 0.25) is 0 Å². The molecule has 8 heteroatoms. The lowest BCUT2D eigenvalue weighted by molar-refractivity contribution is -0.139. The Labute approximate surface area is 108 Å². The minimum Gasteiger partial charge on any atom is -0.480 e. The maximum atomic E-state index is 11.1. The van der Waals surface area contributed by atoms with Gasteiger partial charge < -0.3 is 21.1 Å². The Kier molecular flexibility index (Phi) is 3.32. The predicted octanol–water partition coefficient (Wildman–Crippen LogP) is 0.00682. The van der Waals surface area contributed by atoms with E-state index in [0.717, 1.165) is 5.69 Å². The molecule has 0 saturated heterocycles. The summed E-state index contributed by atoms with van der Waals surface area (Å²) in [6.45, 7) is 1.85. The zero-order valence-electron chi connectivity index (χ0n) is 10.2. The van der Waals surface area contributed by atoms with Crippen LogP contribution in [0.4, 0.5) is 5.82 Å². The van der Waals surface area contributed by atoms with Gasteiger partial charge in [-0.05, 0) is 13.0 Å². The van der Waals surface area contributed by atoms with Crippen LogP contribution < -0.4 is 11.1 Å². The third-order valence-corrected chi connectivity index (χ3v) is 2.57. The molecule has 0 aromatic carbocycles. The zero-order valence-corrected chi connectivity index (χ0v) is 10.2. The highest BCUT2D eigenvalue weighted by Crippen LogP contribution is 2.20. The Morgan fingerprint density at radius 3 is 2.89 bits per heavy atom. The van der Waals surface area contributed by atoms with Gasteiger partial charge in [0.1, 0.15) is 23.8 Å². The summed E-state index contributed by atoms with van der Waals surface area (Å²) in [5.74, 6) is -1.52. The lowest BCUT2D eigenvalue weighted by atomic mass is 10.2. The fourth-order valence-corrected chi connectivity index (χ4v) is 1.75. The predicted molar refractivity (Wildman–Crippen MR) is 67.5 cm³/mol. The van der Waals surface area contributed by atoms with Crippen LogP contribution in [0.1, 0.15) is 12.1 Å². The van der Waals surface area contributed by atoms with Gasteiger partial charge in [-0.25, -0.2) is 14.8 Å². The first-order valence-electron chi connectivity index (χ1n) is 5.55. The molecular weight excluding hydrogens is 250 g/mol. The molecule has 1 unspecified atom stereocenters. The monoisotopic (exact) mass is 263 g/mol. The molecule has 1 atom stereocenters. The van der Waals surface area contributed by atoms with E-state index in [9.17, 15) is 9.59 Å². The number of hydrogen-bond acceptors (Lipinski definition) is 5. The number of anilines is 1. The van der Waals surface area contributed by atoms with Gasteiger partial charge in [-0.3, -0.25) is 4.79 Å². The van der Waals surface area contributed by atoms with Crippen LogP contribution in [-0.2, 0) is 9.59 Å². The quantitative estimate of drug-likeness (QED) is 0.600. The number of carbonyl (C=O) groups is 2. The maximum Gasteiger partial charge on any atom is 0.326 e. The molecule has 0 aliphatic rings. The lowest BCUT2D eigenvalue weighted by Crippen LogP contribution is -2.34. The topological polar surface area (TPSA) is 134 Å². The van der Waals surface area contributed by atoms with Gasteiger partial charge in [0.25, 0.3) is 0 Å². The van der Waals surface area contributed by atoms with E-state index in [-0.39, 0.29) is 6.42 Å². The summed E-state index contributed by atoms with van der Waals surface area (Å²) in [6.07, 6.45) is 0.994. The number of rotatable bonds is 5. The summed E-state index contributed by atoms with van der Waals surface area (Å²) >= 11 is 0. The molecule has 0 saturated carbocycles. The highest BCUT2D eigenvalue weighted by molar-refractivity contribution is 5.91. The molecule has 5 N–H and O–H groups in total. The van der Waals surface area contributed by atoms with Gasteiger partial charge in [-0.15, -0.1) is 0 Å². The number of carboxylic acid groups (broad SMARTS) is 1. The van der Waals surface area contributed by atoms with E-state index < -0.39 is 17.9 Å². The number of aromatic amines is 1. The van der Waals surface area contributed by atoms with Gasteiger partial charge in [0.2, 0.25) is 5.91 Å². The molecule has 8 nitrogen and oxygen atoms in total. The molecule has 0 spiro atoms. The van der Waals surface area contributed by atoms with Crippen LogP contribution in [0.15, 0.2) is 12.4 Å². The molecule has 100 valence electrons. The zero-order chi connectivity index (χ0) is 14.0. The molecule has 1 amide bonds. The molecule has 2 rings (SSSR count). The van der Waals surface area contributed by atoms with Gasteiger partial charge in [-0.2, -0.15) is 0 Å². The Balaban J connectivity index is 2.33. The normalized spacial score (nSPS) is 12.3. The van der Waals surface area contributed by atoms with Crippen molar-refractivity contribution in [3.8, 4) is 0 Å². The molecule has 0 aliphatic carbocycles. The van der Waals surface area contributed by atoms with Crippen molar-refractivity contribution in [1.82, 2.24) is 15.0 Å². The van der Waals surface area contributed by atoms with Gasteiger partial charge in [0.05, 0.1) is 11.8 Å². The number of nitrogens with zero attached hydrogens (tertiary/aromatic N) is 2. The molecule has 0 aliphatic heterocycles. The number of carboxylic acids is 1. The van der Waals surface area contributed by atoms with Crippen LogP contribution >= 0.6 is 0 Å². The van der Waals surface area contributed by atoms with Crippen molar-refractivity contribution in [2.75, 3.05) is 5.32 Å². The maximum absolute atomic E-state index is 11.1. The second kappa shape index (κ2) is 4.92. The molecule has 0 fully saturated rings. The summed E-state index contributed by atoms with van der Waals surface area (Å²) in [4.78, 5) is 32.9. The number of aryl methyl sites for hydroxylation is 1. The fourth-order valence-electron chi connectivity index (χ4n) is 1.75. The Morgan fingerprint density at radius 1 is 1.53 bits per heavy atom. The second-order valence-corrected chi connectivity index (χ2v) is 4.14. The number of fused-ring (bicyclic) bond motifs is 1. The molecule has 2 heterocycles. The second-order valence-electron chi connectivity index (χ2n) is 4.14. The molecule has 2 aromatic heterocycles. The summed E-state index contributed by atoms with van der Waals surface area (Å²) in [5.41, 5.74) is 6.49. The first-order valence-corrected chi connectivity index (χ1v) is 5.55. The minimum absolute atomic E-state index is 0.315. The largest absolute Gasteiger partial charge is 0.480 e. The first-order chi connectivity index (χ1) is 8.97. The third-order valence-electron chi connectivity index (χ3n) is 2.57. The van der Waals surface area contributed by atoms with Crippen molar-refractivity contribution in [3.05, 3.63) is 18.1 Å². The number of aromatic nitrogens is 3. The molecule has 0 bridgehead atoms. The van der Waals surface area contributed by atoms with Crippen molar-refractivity contribution in [2.45, 2.75) is 19.4 Å². The average molecular weight is 263 g/mol. The first kappa shape index (κ1) is 12.8.